The number of carbonyl (C=O) groups is 3. The normalized spacial score (nSPS) is 14.2. The number of rotatable bonds is 7. The summed E-state index contributed by atoms with van der Waals surface area (Å²) in [6.45, 7) is 1.04. The van der Waals surface area contributed by atoms with Crippen molar-refractivity contribution in [2.75, 3.05) is 32.6 Å². The van der Waals surface area contributed by atoms with Gasteiger partial charge in [0.1, 0.15) is 11.3 Å². The monoisotopic (exact) mass is 445 g/mol. The first-order valence-electron chi connectivity index (χ1n) is 9.79. The van der Waals surface area contributed by atoms with Gasteiger partial charge in [-0.05, 0) is 18.1 Å². The van der Waals surface area contributed by atoms with Crippen LogP contribution in [0.15, 0.2) is 42.5 Å². The number of hydrogen-bond donors (Lipinski definition) is 2. The minimum Gasteiger partial charge on any atom is -0.496 e. The topological polar surface area (TPSA) is 97.0 Å². The van der Waals surface area contributed by atoms with Crippen molar-refractivity contribution in [3.05, 3.63) is 58.6 Å². The van der Waals surface area contributed by atoms with Crippen LogP contribution in [0.25, 0.3) is 0 Å². The smallest absolute Gasteiger partial charge is 0.341 e. The highest BCUT2D eigenvalue weighted by atomic mass is 35.5. The third-order valence-electron chi connectivity index (χ3n) is 5.02. The standard InChI is InChI=1S/C22H24ClN3O5/c1-30-19-12-17(16(23)11-15(19)21(28)31-2)24-22(29)25-18(14-7-4-3-5-8-14)13-26-10-6-9-20(26)27/h3-5,7-8,11-12,18H,6,9-10,13H2,1-2H3,(H2,24,25,29). The molecule has 0 saturated carbocycles. The van der Waals surface area contributed by atoms with Gasteiger partial charge in [0.05, 0.1) is 31.0 Å². The summed E-state index contributed by atoms with van der Waals surface area (Å²) in [6.07, 6.45) is 1.34. The average Bonchev–Trinajstić information content (AvgIpc) is 3.18. The van der Waals surface area contributed by atoms with E-state index in [4.69, 9.17) is 21.1 Å². The van der Waals surface area contributed by atoms with Crippen LogP contribution in [0.1, 0.15) is 34.8 Å². The number of amides is 3. The van der Waals surface area contributed by atoms with Crippen LogP contribution in [0.5, 0.6) is 5.75 Å². The molecule has 164 valence electrons. The molecule has 1 atom stereocenters. The molecule has 0 spiro atoms. The van der Waals surface area contributed by atoms with Gasteiger partial charge in [0.15, 0.2) is 0 Å². The van der Waals surface area contributed by atoms with Gasteiger partial charge in [-0.1, -0.05) is 41.9 Å². The largest absolute Gasteiger partial charge is 0.496 e. The molecule has 2 aromatic rings. The maximum absolute atomic E-state index is 12.8. The Balaban J connectivity index is 1.77. The molecule has 0 aromatic heterocycles. The van der Waals surface area contributed by atoms with E-state index >= 15 is 0 Å². The van der Waals surface area contributed by atoms with Gasteiger partial charge in [-0.25, -0.2) is 9.59 Å². The van der Waals surface area contributed by atoms with Crippen LogP contribution in [-0.4, -0.2) is 50.1 Å². The van der Waals surface area contributed by atoms with Crippen molar-refractivity contribution >= 4 is 35.2 Å². The van der Waals surface area contributed by atoms with E-state index in [9.17, 15) is 14.4 Å². The first kappa shape index (κ1) is 22.4. The summed E-state index contributed by atoms with van der Waals surface area (Å²) in [6, 6.07) is 11.3. The van der Waals surface area contributed by atoms with Gasteiger partial charge in [-0.3, -0.25) is 4.79 Å². The summed E-state index contributed by atoms with van der Waals surface area (Å²) >= 11 is 6.25. The van der Waals surface area contributed by atoms with Crippen LogP contribution in [0, 0.1) is 0 Å². The molecule has 1 fully saturated rings. The number of methoxy groups -OCH3 is 2. The number of halogens is 1. The third kappa shape index (κ3) is 5.46. The van der Waals surface area contributed by atoms with E-state index in [2.05, 4.69) is 10.6 Å². The van der Waals surface area contributed by atoms with E-state index < -0.39 is 18.0 Å². The summed E-state index contributed by atoms with van der Waals surface area (Å²) in [7, 11) is 2.65. The summed E-state index contributed by atoms with van der Waals surface area (Å²) in [5.41, 5.74) is 1.30. The number of carbonyl (C=O) groups excluding carboxylic acids is 3. The molecule has 3 rings (SSSR count). The van der Waals surface area contributed by atoms with Gasteiger partial charge in [-0.15, -0.1) is 0 Å². The zero-order valence-electron chi connectivity index (χ0n) is 17.3. The van der Waals surface area contributed by atoms with Crippen molar-refractivity contribution in [1.82, 2.24) is 10.2 Å². The molecule has 1 aliphatic heterocycles. The second-order valence-electron chi connectivity index (χ2n) is 7.03. The van der Waals surface area contributed by atoms with Crippen molar-refractivity contribution in [2.45, 2.75) is 18.9 Å². The Bertz CT molecular complexity index is 967. The summed E-state index contributed by atoms with van der Waals surface area (Å²) < 4.78 is 9.94. The summed E-state index contributed by atoms with van der Waals surface area (Å²) in [5, 5.41) is 5.75. The van der Waals surface area contributed by atoms with Crippen LogP contribution in [0.4, 0.5) is 10.5 Å². The van der Waals surface area contributed by atoms with E-state index in [0.717, 1.165) is 12.0 Å². The number of nitrogens with zero attached hydrogens (tertiary/aromatic N) is 1. The lowest BCUT2D eigenvalue weighted by atomic mass is 10.1. The molecule has 1 unspecified atom stereocenters. The van der Waals surface area contributed by atoms with Crippen LogP contribution in [0.2, 0.25) is 5.02 Å². The predicted molar refractivity (Wildman–Crippen MR) is 116 cm³/mol. The van der Waals surface area contributed by atoms with Crippen LogP contribution >= 0.6 is 11.6 Å². The number of ether oxygens (including phenoxy) is 2. The van der Waals surface area contributed by atoms with Gasteiger partial charge < -0.3 is 25.0 Å². The van der Waals surface area contributed by atoms with E-state index in [1.165, 1.54) is 26.4 Å². The fourth-order valence-electron chi connectivity index (χ4n) is 3.44. The molecule has 3 amide bonds. The number of esters is 1. The summed E-state index contributed by atoms with van der Waals surface area (Å²) in [4.78, 5) is 38.5. The molecule has 1 aliphatic rings. The Hall–Kier alpha value is -3.26. The second kappa shape index (κ2) is 10.2. The lowest BCUT2D eigenvalue weighted by molar-refractivity contribution is -0.128. The van der Waals surface area contributed by atoms with Gasteiger partial charge in [0.25, 0.3) is 0 Å². The second-order valence-corrected chi connectivity index (χ2v) is 7.44. The Morgan fingerprint density at radius 3 is 2.55 bits per heavy atom. The molecule has 2 N–H and O–H groups in total. The number of urea groups is 1. The molecule has 1 heterocycles. The number of benzene rings is 2. The SMILES string of the molecule is COC(=O)c1cc(Cl)c(NC(=O)NC(CN2CCCC2=O)c2ccccc2)cc1OC. The number of hydrogen-bond acceptors (Lipinski definition) is 5. The maximum Gasteiger partial charge on any atom is 0.341 e. The number of nitrogens with one attached hydrogen (secondary N) is 2. The number of likely N-dealkylation sites (tertiary alicyclic amines) is 1. The van der Waals surface area contributed by atoms with E-state index in [-0.39, 0.29) is 27.9 Å². The number of anilines is 1. The highest BCUT2D eigenvalue weighted by Crippen LogP contribution is 2.31. The Morgan fingerprint density at radius 1 is 1.19 bits per heavy atom. The van der Waals surface area contributed by atoms with E-state index in [1.807, 2.05) is 30.3 Å². The minimum atomic E-state index is -0.603. The molecule has 2 aromatic carbocycles. The fourth-order valence-corrected chi connectivity index (χ4v) is 3.65. The van der Waals surface area contributed by atoms with Gasteiger partial charge in [0.2, 0.25) is 5.91 Å². The lowest BCUT2D eigenvalue weighted by Gasteiger charge is -2.25. The third-order valence-corrected chi connectivity index (χ3v) is 5.34. The highest BCUT2D eigenvalue weighted by molar-refractivity contribution is 6.34. The van der Waals surface area contributed by atoms with Crippen molar-refractivity contribution in [1.29, 1.82) is 0 Å². The first-order valence-corrected chi connectivity index (χ1v) is 10.2. The van der Waals surface area contributed by atoms with Gasteiger partial charge in [0, 0.05) is 25.6 Å². The van der Waals surface area contributed by atoms with Crippen molar-refractivity contribution in [3.8, 4) is 5.75 Å². The zero-order chi connectivity index (χ0) is 22.4. The molecule has 0 radical (unpaired) electrons. The molecule has 9 heteroatoms. The maximum atomic E-state index is 12.8. The molecule has 0 aliphatic carbocycles. The predicted octanol–water partition coefficient (Wildman–Crippen LogP) is 3.62. The highest BCUT2D eigenvalue weighted by Gasteiger charge is 2.26. The molecule has 0 bridgehead atoms. The fraction of sp³-hybridized carbons (Fsp3) is 0.318. The summed E-state index contributed by atoms with van der Waals surface area (Å²) in [5.74, 6) is -0.308. The molecule has 8 nitrogen and oxygen atoms in total. The molecular formula is C22H24ClN3O5. The van der Waals surface area contributed by atoms with Gasteiger partial charge in [-0.2, -0.15) is 0 Å². The van der Waals surface area contributed by atoms with Crippen molar-refractivity contribution in [2.24, 2.45) is 0 Å². The Morgan fingerprint density at radius 2 is 1.94 bits per heavy atom. The molecule has 31 heavy (non-hydrogen) atoms. The average molecular weight is 446 g/mol. The van der Waals surface area contributed by atoms with E-state index in [0.29, 0.717) is 19.5 Å². The minimum absolute atomic E-state index is 0.0781. The van der Waals surface area contributed by atoms with Gasteiger partial charge >= 0.3 is 12.0 Å². The molecular weight excluding hydrogens is 422 g/mol. The zero-order valence-corrected chi connectivity index (χ0v) is 18.1. The molecule has 1 saturated heterocycles. The van der Waals surface area contributed by atoms with Crippen molar-refractivity contribution < 1.29 is 23.9 Å². The quantitative estimate of drug-likeness (QED) is 0.634. The van der Waals surface area contributed by atoms with Crippen LogP contribution in [0.3, 0.4) is 0 Å². The Kier molecular flexibility index (Phi) is 7.36. The van der Waals surface area contributed by atoms with Crippen LogP contribution < -0.4 is 15.4 Å². The van der Waals surface area contributed by atoms with Crippen molar-refractivity contribution in [3.63, 3.8) is 0 Å². The first-order chi connectivity index (χ1) is 14.9. The lowest BCUT2D eigenvalue weighted by Crippen LogP contribution is -2.40. The van der Waals surface area contributed by atoms with Crippen LogP contribution in [-0.2, 0) is 9.53 Å². The Labute approximate surface area is 185 Å². The van der Waals surface area contributed by atoms with E-state index in [1.54, 1.807) is 4.90 Å².